The van der Waals surface area contributed by atoms with E-state index in [2.05, 4.69) is 36.7 Å². The van der Waals surface area contributed by atoms with Gasteiger partial charge in [0.15, 0.2) is 5.21 Å². The van der Waals surface area contributed by atoms with Gasteiger partial charge in [0.2, 0.25) is 30.0 Å². The molecule has 0 radical (unpaired) electrons. The maximum Gasteiger partial charge on any atom is 0.265 e. The third-order valence-electron chi connectivity index (χ3n) is 11.3. The molecular weight excluding hydrogens is 752 g/mol. The molecule has 1 aliphatic carbocycles. The first-order valence-corrected chi connectivity index (χ1v) is 20.1. The third-order valence-corrected chi connectivity index (χ3v) is 11.3. The minimum absolute atomic E-state index is 0.0652. The molecule has 0 spiro atoms. The van der Waals surface area contributed by atoms with E-state index < -0.39 is 53.5 Å². The lowest BCUT2D eigenvalue weighted by Gasteiger charge is -2.39. The lowest BCUT2D eigenvalue weighted by molar-refractivity contribution is -0.806. The molecule has 0 fully saturated rings. The number of aryl methyl sites for hydroxylation is 2. The van der Waals surface area contributed by atoms with Gasteiger partial charge in [-0.1, -0.05) is 81.6 Å². The van der Waals surface area contributed by atoms with Gasteiger partial charge in [-0.3, -0.25) is 19.2 Å². The van der Waals surface area contributed by atoms with Crippen LogP contribution in [0, 0.1) is 17.7 Å². The zero-order chi connectivity index (χ0) is 42.4. The fourth-order valence-corrected chi connectivity index (χ4v) is 7.31. The zero-order valence-corrected chi connectivity index (χ0v) is 34.4. The second kappa shape index (κ2) is 18.5. The Morgan fingerprint density at radius 3 is 2.29 bits per heavy atom. The summed E-state index contributed by atoms with van der Waals surface area (Å²) in [5.74, 6) is -3.44. The number of rotatable bonds is 17. The monoisotopic (exact) mass is 808 g/mol. The smallest absolute Gasteiger partial charge is 0.265 e. The topological polar surface area (TPSA) is 167 Å². The summed E-state index contributed by atoms with van der Waals surface area (Å²) < 4.78 is 46.1. The molecule has 4 aromatic rings. The predicted octanol–water partition coefficient (Wildman–Crippen LogP) is 4.73. The number of hydrogen-bond donors (Lipinski definition) is 5. The van der Waals surface area contributed by atoms with Crippen LogP contribution in [-0.4, -0.2) is 67.9 Å². The fourth-order valence-electron chi connectivity index (χ4n) is 7.31. The molecular formula is C42H57F3N9O4+. The van der Waals surface area contributed by atoms with Gasteiger partial charge in [-0.15, -0.1) is 4.68 Å². The molecule has 0 bridgehead atoms. The average Bonchev–Trinajstić information content (AvgIpc) is 3.83. The molecule has 2 aromatic carbocycles. The van der Waals surface area contributed by atoms with Gasteiger partial charge in [0.1, 0.15) is 40.7 Å². The molecule has 2 aromatic heterocycles. The van der Waals surface area contributed by atoms with Crippen LogP contribution in [0.15, 0.2) is 48.8 Å². The minimum Gasteiger partial charge on any atom is -0.358 e. The van der Waals surface area contributed by atoms with Crippen molar-refractivity contribution in [2.24, 2.45) is 11.8 Å². The van der Waals surface area contributed by atoms with Crippen LogP contribution < -0.4 is 25.9 Å². The number of fused-ring (bicyclic) bond motifs is 3. The van der Waals surface area contributed by atoms with Crippen LogP contribution >= 0.6 is 0 Å². The number of tetrazole rings is 1. The van der Waals surface area contributed by atoms with Crippen LogP contribution in [0.25, 0.3) is 10.9 Å². The summed E-state index contributed by atoms with van der Waals surface area (Å²) in [5, 5.41) is 20.5. The molecule has 5 rings (SSSR count). The van der Waals surface area contributed by atoms with Gasteiger partial charge in [0.05, 0.1) is 11.9 Å². The molecule has 5 atom stereocenters. The standard InChI is InChI=1S/C42H56F3N9O4/c1-8-25(3)34(38(56)46-20-13-21-53-24-54(52-51-53)41(5,6)7)49-40(58)42(19-18-32-30(23-42)28-15-12-16-29(37(44)45)36(28)47-32)50-39(57)35(26(4)9-2)48-33(55)22-27-14-10-11-17-31(27)43/h10-12,14-17,24-26,34-35,37,47H,8-9,13,18-23H2,1-7H3,(H3-,46,48,49,50,55,56,57,58)/p+1/t25?,26?,34-,35-,42+/m0/s1. The number of aromatic amines is 1. The largest absolute Gasteiger partial charge is 0.358 e. The first-order chi connectivity index (χ1) is 27.5. The Kier molecular flexibility index (Phi) is 14.0. The van der Waals surface area contributed by atoms with E-state index in [-0.39, 0.29) is 59.7 Å². The van der Waals surface area contributed by atoms with E-state index in [1.165, 1.54) is 30.3 Å². The van der Waals surface area contributed by atoms with Crippen LogP contribution in [0.5, 0.6) is 0 Å². The van der Waals surface area contributed by atoms with Crippen molar-refractivity contribution < 1.29 is 37.0 Å². The Morgan fingerprint density at radius 1 is 0.966 bits per heavy atom. The van der Waals surface area contributed by atoms with Gasteiger partial charge >= 0.3 is 0 Å². The van der Waals surface area contributed by atoms with Crippen molar-refractivity contribution in [3.8, 4) is 0 Å². The van der Waals surface area contributed by atoms with Gasteiger partial charge in [0.25, 0.3) is 6.43 Å². The predicted molar refractivity (Wildman–Crippen MR) is 212 cm³/mol. The number of hydrogen-bond acceptors (Lipinski definition) is 6. The number of para-hydroxylation sites is 1. The molecule has 0 saturated carbocycles. The number of carbonyl (C=O) groups is 4. The van der Waals surface area contributed by atoms with E-state index >= 15 is 0 Å². The summed E-state index contributed by atoms with van der Waals surface area (Å²) >= 11 is 0. The number of alkyl halides is 2. The molecule has 13 nitrogen and oxygen atoms in total. The van der Waals surface area contributed by atoms with E-state index in [9.17, 15) is 32.3 Å². The van der Waals surface area contributed by atoms with Crippen molar-refractivity contribution in [2.45, 2.75) is 130 Å². The summed E-state index contributed by atoms with van der Waals surface area (Å²) in [5.41, 5.74) is -0.334. The second-order valence-electron chi connectivity index (χ2n) is 16.6. The van der Waals surface area contributed by atoms with Gasteiger partial charge < -0.3 is 26.3 Å². The lowest BCUT2D eigenvalue weighted by atomic mass is 9.78. The van der Waals surface area contributed by atoms with Crippen LogP contribution in [0.1, 0.15) is 103 Å². The first kappa shape index (κ1) is 43.8. The number of H-pyrrole nitrogens is 1. The Labute approximate surface area is 337 Å². The summed E-state index contributed by atoms with van der Waals surface area (Å²) in [6.07, 6.45) is 0.583. The van der Waals surface area contributed by atoms with Crippen LogP contribution in [0.3, 0.4) is 0 Å². The number of benzene rings is 2. The van der Waals surface area contributed by atoms with Gasteiger partial charge in [-0.05, 0) is 69.1 Å². The van der Waals surface area contributed by atoms with Crippen molar-refractivity contribution in [3.05, 3.63) is 77.0 Å². The van der Waals surface area contributed by atoms with E-state index in [0.717, 1.165) is 0 Å². The Hall–Kier alpha value is -5.28. The average molecular weight is 809 g/mol. The normalized spacial score (nSPS) is 17.6. The van der Waals surface area contributed by atoms with E-state index in [1.807, 2.05) is 41.5 Å². The third kappa shape index (κ3) is 10.0. The van der Waals surface area contributed by atoms with Gasteiger partial charge in [-0.2, -0.15) is 0 Å². The molecule has 1 aliphatic rings. The van der Waals surface area contributed by atoms with E-state index in [0.29, 0.717) is 49.0 Å². The summed E-state index contributed by atoms with van der Waals surface area (Å²) in [4.78, 5) is 59.4. The molecule has 314 valence electrons. The van der Waals surface area contributed by atoms with Crippen LogP contribution in [0.4, 0.5) is 13.2 Å². The maximum atomic E-state index is 14.8. The van der Waals surface area contributed by atoms with Crippen molar-refractivity contribution in [3.63, 3.8) is 0 Å². The highest BCUT2D eigenvalue weighted by Gasteiger charge is 2.47. The molecule has 0 aliphatic heterocycles. The maximum absolute atomic E-state index is 14.8. The fraction of sp³-hybridized carbons (Fsp3) is 0.548. The molecule has 5 N–H and O–H groups in total. The van der Waals surface area contributed by atoms with Crippen molar-refractivity contribution in [1.29, 1.82) is 0 Å². The molecule has 0 saturated heterocycles. The first-order valence-electron chi connectivity index (χ1n) is 20.1. The Bertz CT molecular complexity index is 2090. The summed E-state index contributed by atoms with van der Waals surface area (Å²) in [6, 6.07) is 8.40. The Morgan fingerprint density at radius 2 is 1.66 bits per heavy atom. The minimum atomic E-state index is -2.74. The molecule has 16 heteroatoms. The van der Waals surface area contributed by atoms with Gasteiger partial charge in [-0.25, -0.2) is 13.2 Å². The number of halogens is 3. The molecule has 2 unspecified atom stereocenters. The number of amides is 4. The quantitative estimate of drug-likeness (QED) is 0.0765. The SMILES string of the molecule is CCC(C)[C@H](NC(=O)Cc1ccccc1F)C(=O)N[C@]1(C(=O)N[C@H](C(=O)NCCCn2c[n+](C(C)(C)C)nn2)C(C)CC)CCc2[nH]c3c(C(F)F)cccc3c2C1. The highest BCUT2D eigenvalue weighted by molar-refractivity contribution is 5.98. The van der Waals surface area contributed by atoms with Crippen LogP contribution in [0.2, 0.25) is 0 Å². The van der Waals surface area contributed by atoms with Crippen molar-refractivity contribution >= 4 is 34.5 Å². The number of carbonyl (C=O) groups excluding carboxylic acids is 4. The highest BCUT2D eigenvalue weighted by Crippen LogP contribution is 2.38. The van der Waals surface area contributed by atoms with E-state index in [4.69, 9.17) is 0 Å². The lowest BCUT2D eigenvalue weighted by Crippen LogP contribution is -2.67. The summed E-state index contributed by atoms with van der Waals surface area (Å²) in [6.45, 7) is 14.2. The van der Waals surface area contributed by atoms with Crippen molar-refractivity contribution in [1.82, 2.24) is 41.4 Å². The molecule has 4 amide bonds. The number of nitrogens with one attached hydrogen (secondary N) is 5. The molecule has 2 heterocycles. The van der Waals surface area contributed by atoms with Gasteiger partial charge in [0, 0.05) is 29.6 Å². The Balaban J connectivity index is 1.41. The molecule has 58 heavy (non-hydrogen) atoms. The van der Waals surface area contributed by atoms with E-state index in [1.54, 1.807) is 34.7 Å². The van der Waals surface area contributed by atoms with Crippen LogP contribution in [-0.2, 0) is 50.5 Å². The van der Waals surface area contributed by atoms with Crippen molar-refractivity contribution in [2.75, 3.05) is 6.54 Å². The number of nitrogens with zero attached hydrogens (tertiary/aromatic N) is 4. The summed E-state index contributed by atoms with van der Waals surface area (Å²) in [7, 11) is 0. The zero-order valence-electron chi connectivity index (χ0n) is 34.4. The second-order valence-corrected chi connectivity index (χ2v) is 16.6. The number of aromatic nitrogens is 5. The highest BCUT2D eigenvalue weighted by atomic mass is 19.3.